The second-order valence-corrected chi connectivity index (χ2v) is 7.64. The first-order valence-corrected chi connectivity index (χ1v) is 9.88. The fraction of sp³-hybridized carbons (Fsp3) is 0.263. The van der Waals surface area contributed by atoms with Crippen molar-refractivity contribution in [1.29, 1.82) is 0 Å². The maximum Gasteiger partial charge on any atom is 0.342 e. The van der Waals surface area contributed by atoms with E-state index >= 15 is 0 Å². The minimum Gasteiger partial charge on any atom is -0.496 e. The van der Waals surface area contributed by atoms with Crippen LogP contribution in [0.4, 0.5) is 0 Å². The van der Waals surface area contributed by atoms with Crippen molar-refractivity contribution in [2.45, 2.75) is 17.9 Å². The van der Waals surface area contributed by atoms with Gasteiger partial charge in [-0.1, -0.05) is 30.3 Å². The fourth-order valence-corrected chi connectivity index (χ4v) is 3.04. The molecule has 1 atom stereocenters. The number of rotatable bonds is 7. The molecule has 8 nitrogen and oxygen atoms in total. The summed E-state index contributed by atoms with van der Waals surface area (Å²) in [6.07, 6.45) is 0. The molecule has 2 aromatic rings. The quantitative estimate of drug-likeness (QED) is 0.700. The van der Waals surface area contributed by atoms with Crippen molar-refractivity contribution in [2.24, 2.45) is 5.14 Å². The number of benzene rings is 2. The Kier molecular flexibility index (Phi) is 6.76. The van der Waals surface area contributed by atoms with E-state index in [-0.39, 0.29) is 22.3 Å². The molecule has 0 bridgehead atoms. The van der Waals surface area contributed by atoms with Crippen LogP contribution >= 0.6 is 0 Å². The molecule has 2 aromatic carbocycles. The van der Waals surface area contributed by atoms with E-state index in [2.05, 4.69) is 0 Å². The Bertz CT molecular complexity index is 960. The predicted octanol–water partition coefficient (Wildman–Crippen LogP) is 1.72. The number of primary sulfonamides is 1. The fourth-order valence-electron chi connectivity index (χ4n) is 2.50. The SMILES string of the molecule is COc1ccc(S(N)(=O)=O)cc1C(=O)OCC(=O)N(C)[C@H](C)c1ccccc1. The molecule has 9 heteroatoms. The second-order valence-electron chi connectivity index (χ2n) is 6.07. The lowest BCUT2D eigenvalue weighted by molar-refractivity contribution is -0.135. The molecule has 0 saturated heterocycles. The molecule has 0 fully saturated rings. The van der Waals surface area contributed by atoms with Crippen molar-refractivity contribution in [2.75, 3.05) is 20.8 Å². The van der Waals surface area contributed by atoms with Crippen LogP contribution in [0.15, 0.2) is 53.4 Å². The van der Waals surface area contributed by atoms with Gasteiger partial charge in [-0.25, -0.2) is 18.4 Å². The van der Waals surface area contributed by atoms with Gasteiger partial charge in [-0.05, 0) is 30.7 Å². The number of likely N-dealkylation sites (N-methyl/N-ethyl adjacent to an activating group) is 1. The van der Waals surface area contributed by atoms with Crippen molar-refractivity contribution >= 4 is 21.9 Å². The largest absolute Gasteiger partial charge is 0.496 e. The van der Waals surface area contributed by atoms with E-state index in [1.807, 2.05) is 37.3 Å². The van der Waals surface area contributed by atoms with Gasteiger partial charge < -0.3 is 14.4 Å². The van der Waals surface area contributed by atoms with Gasteiger partial charge in [0.2, 0.25) is 10.0 Å². The summed E-state index contributed by atoms with van der Waals surface area (Å²) in [4.78, 5) is 25.9. The number of esters is 1. The molecule has 150 valence electrons. The van der Waals surface area contributed by atoms with Crippen molar-refractivity contribution in [3.05, 3.63) is 59.7 Å². The van der Waals surface area contributed by atoms with Gasteiger partial charge in [0.25, 0.3) is 5.91 Å². The van der Waals surface area contributed by atoms with Crippen LogP contribution in [0.3, 0.4) is 0 Å². The number of nitrogens with two attached hydrogens (primary N) is 1. The van der Waals surface area contributed by atoms with Gasteiger partial charge in [-0.3, -0.25) is 4.79 Å². The average molecular weight is 406 g/mol. The Morgan fingerprint density at radius 2 is 1.79 bits per heavy atom. The van der Waals surface area contributed by atoms with E-state index in [1.54, 1.807) is 7.05 Å². The lowest BCUT2D eigenvalue weighted by atomic mass is 10.1. The zero-order chi connectivity index (χ0) is 20.9. The third kappa shape index (κ3) is 5.08. The topological polar surface area (TPSA) is 116 Å². The number of methoxy groups -OCH3 is 1. The third-order valence-corrected chi connectivity index (χ3v) is 5.21. The summed E-state index contributed by atoms with van der Waals surface area (Å²) in [6, 6.07) is 12.7. The van der Waals surface area contributed by atoms with Gasteiger partial charge in [0.1, 0.15) is 11.3 Å². The summed E-state index contributed by atoms with van der Waals surface area (Å²) in [6.45, 7) is 1.35. The number of carbonyl (C=O) groups excluding carboxylic acids is 2. The number of hydrogen-bond donors (Lipinski definition) is 1. The van der Waals surface area contributed by atoms with Crippen molar-refractivity contribution in [3.8, 4) is 5.75 Å². The molecule has 0 saturated carbocycles. The Balaban J connectivity index is 2.10. The summed E-state index contributed by atoms with van der Waals surface area (Å²) in [7, 11) is -1.08. The maximum atomic E-state index is 12.4. The Labute approximate surface area is 163 Å². The molecule has 0 aliphatic heterocycles. The summed E-state index contributed by atoms with van der Waals surface area (Å²) in [5.41, 5.74) is 0.799. The number of carbonyl (C=O) groups is 2. The number of amides is 1. The lowest BCUT2D eigenvalue weighted by Gasteiger charge is -2.25. The molecule has 2 rings (SSSR count). The smallest absolute Gasteiger partial charge is 0.342 e. The van der Waals surface area contributed by atoms with Crippen LogP contribution in [-0.4, -0.2) is 46.0 Å². The van der Waals surface area contributed by atoms with E-state index in [0.717, 1.165) is 11.6 Å². The third-order valence-electron chi connectivity index (χ3n) is 4.30. The van der Waals surface area contributed by atoms with Gasteiger partial charge in [-0.15, -0.1) is 0 Å². The molecule has 0 unspecified atom stereocenters. The highest BCUT2D eigenvalue weighted by molar-refractivity contribution is 7.89. The monoisotopic (exact) mass is 406 g/mol. The Morgan fingerprint density at radius 1 is 1.14 bits per heavy atom. The highest BCUT2D eigenvalue weighted by Crippen LogP contribution is 2.23. The zero-order valence-corrected chi connectivity index (χ0v) is 16.6. The summed E-state index contributed by atoms with van der Waals surface area (Å²) in [5, 5.41) is 5.09. The molecular formula is C19H22N2O6S. The predicted molar refractivity (Wildman–Crippen MR) is 102 cm³/mol. The van der Waals surface area contributed by atoms with E-state index in [0.29, 0.717) is 0 Å². The van der Waals surface area contributed by atoms with Crippen LogP contribution in [-0.2, 0) is 19.6 Å². The molecule has 0 heterocycles. The van der Waals surface area contributed by atoms with Gasteiger partial charge in [0.05, 0.1) is 18.0 Å². The summed E-state index contributed by atoms with van der Waals surface area (Å²) in [5.74, 6) is -1.20. The molecule has 0 radical (unpaired) electrons. The van der Waals surface area contributed by atoms with E-state index in [1.165, 1.54) is 24.1 Å². The van der Waals surface area contributed by atoms with Crippen molar-refractivity contribution in [1.82, 2.24) is 4.90 Å². The van der Waals surface area contributed by atoms with Crippen LogP contribution in [0.5, 0.6) is 5.75 Å². The summed E-state index contributed by atoms with van der Waals surface area (Å²) >= 11 is 0. The first-order chi connectivity index (χ1) is 13.1. The molecule has 0 aliphatic rings. The van der Waals surface area contributed by atoms with Crippen molar-refractivity contribution in [3.63, 3.8) is 0 Å². The molecule has 1 amide bonds. The molecule has 0 aliphatic carbocycles. The number of sulfonamides is 1. The minimum absolute atomic E-state index is 0.107. The molecule has 0 aromatic heterocycles. The molecular weight excluding hydrogens is 384 g/mol. The van der Waals surface area contributed by atoms with E-state index in [4.69, 9.17) is 14.6 Å². The van der Waals surface area contributed by atoms with Crippen LogP contribution in [0.1, 0.15) is 28.9 Å². The first-order valence-electron chi connectivity index (χ1n) is 8.33. The lowest BCUT2D eigenvalue weighted by Crippen LogP contribution is -2.33. The molecule has 28 heavy (non-hydrogen) atoms. The number of nitrogens with zero attached hydrogens (tertiary/aromatic N) is 1. The number of ether oxygens (including phenoxy) is 2. The van der Waals surface area contributed by atoms with Gasteiger partial charge in [0.15, 0.2) is 6.61 Å². The minimum atomic E-state index is -4.01. The average Bonchev–Trinajstić information content (AvgIpc) is 2.70. The highest BCUT2D eigenvalue weighted by atomic mass is 32.2. The van der Waals surface area contributed by atoms with E-state index < -0.39 is 28.5 Å². The van der Waals surface area contributed by atoms with Crippen LogP contribution in [0, 0.1) is 0 Å². The van der Waals surface area contributed by atoms with Gasteiger partial charge in [-0.2, -0.15) is 0 Å². The Morgan fingerprint density at radius 3 is 2.36 bits per heavy atom. The summed E-state index contributed by atoms with van der Waals surface area (Å²) < 4.78 is 33.1. The zero-order valence-electron chi connectivity index (χ0n) is 15.8. The van der Waals surface area contributed by atoms with Gasteiger partial charge >= 0.3 is 5.97 Å². The van der Waals surface area contributed by atoms with Crippen LogP contribution in [0.2, 0.25) is 0 Å². The Hall–Kier alpha value is -2.91. The normalized spacial score (nSPS) is 12.1. The standard InChI is InChI=1S/C19H22N2O6S/c1-13(14-7-5-4-6-8-14)21(2)18(22)12-27-19(23)16-11-15(28(20,24)25)9-10-17(16)26-3/h4-11,13H,12H2,1-3H3,(H2,20,24,25)/t13-/m1/s1. The first kappa shape index (κ1) is 21.4. The highest BCUT2D eigenvalue weighted by Gasteiger charge is 2.22. The molecule has 0 spiro atoms. The van der Waals surface area contributed by atoms with Crippen LogP contribution in [0.25, 0.3) is 0 Å². The maximum absolute atomic E-state index is 12.4. The van der Waals surface area contributed by atoms with Gasteiger partial charge in [0, 0.05) is 7.05 Å². The number of hydrogen-bond acceptors (Lipinski definition) is 6. The van der Waals surface area contributed by atoms with Crippen molar-refractivity contribution < 1.29 is 27.5 Å². The second kappa shape index (κ2) is 8.85. The van der Waals surface area contributed by atoms with Crippen LogP contribution < -0.4 is 9.88 Å². The molecule has 2 N–H and O–H groups in total. The van der Waals surface area contributed by atoms with E-state index in [9.17, 15) is 18.0 Å².